The number of aromatic amines is 1. The Hall–Kier alpha value is -3.90. The predicted octanol–water partition coefficient (Wildman–Crippen LogP) is 4.58. The molecule has 0 radical (unpaired) electrons. The van der Waals surface area contributed by atoms with Crippen molar-refractivity contribution < 1.29 is 19.0 Å². The first-order valence-electron chi connectivity index (χ1n) is 8.37. The normalized spacial score (nSPS) is 11.0. The topological polar surface area (TPSA) is 109 Å². The summed E-state index contributed by atoms with van der Waals surface area (Å²) in [7, 11) is 2.75. The number of ether oxygens (including phenoxy) is 3. The molecule has 0 bridgehead atoms. The SMILES string of the molecule is COC(=O)/C(=C/c1cc(OC)c(OCc2ccccc2)c2[nH]ccc12)N=[N+]=[N-]. The van der Waals surface area contributed by atoms with Gasteiger partial charge in [-0.15, -0.1) is 0 Å². The van der Waals surface area contributed by atoms with Crippen LogP contribution in [0.3, 0.4) is 0 Å². The Kier molecular flexibility index (Phi) is 5.84. The number of esters is 1. The zero-order chi connectivity index (χ0) is 19.9. The Morgan fingerprint density at radius 1 is 1.25 bits per heavy atom. The molecule has 0 spiro atoms. The summed E-state index contributed by atoms with van der Waals surface area (Å²) in [5, 5.41) is 4.20. The minimum Gasteiger partial charge on any atom is -0.493 e. The first-order chi connectivity index (χ1) is 13.7. The minimum absolute atomic E-state index is 0.160. The summed E-state index contributed by atoms with van der Waals surface area (Å²) in [6.07, 6.45) is 3.20. The van der Waals surface area contributed by atoms with Gasteiger partial charge in [-0.3, -0.25) is 0 Å². The van der Waals surface area contributed by atoms with E-state index in [1.807, 2.05) is 36.4 Å². The summed E-state index contributed by atoms with van der Waals surface area (Å²) in [6, 6.07) is 13.3. The fourth-order valence-electron chi connectivity index (χ4n) is 2.78. The lowest BCUT2D eigenvalue weighted by Crippen LogP contribution is -2.02. The summed E-state index contributed by atoms with van der Waals surface area (Å²) in [4.78, 5) is 17.7. The van der Waals surface area contributed by atoms with Crippen LogP contribution in [0, 0.1) is 0 Å². The third kappa shape index (κ3) is 3.92. The van der Waals surface area contributed by atoms with E-state index in [0.717, 1.165) is 10.9 Å². The van der Waals surface area contributed by atoms with Gasteiger partial charge in [-0.2, -0.15) is 0 Å². The van der Waals surface area contributed by atoms with Crippen LogP contribution in [0.2, 0.25) is 0 Å². The van der Waals surface area contributed by atoms with E-state index >= 15 is 0 Å². The highest BCUT2D eigenvalue weighted by Crippen LogP contribution is 2.38. The molecule has 0 aliphatic rings. The summed E-state index contributed by atoms with van der Waals surface area (Å²) in [5.74, 6) is 0.291. The Balaban J connectivity index is 2.06. The molecule has 0 amide bonds. The van der Waals surface area contributed by atoms with E-state index in [0.29, 0.717) is 29.2 Å². The molecule has 1 heterocycles. The van der Waals surface area contributed by atoms with Gasteiger partial charge in [0, 0.05) is 16.5 Å². The molecule has 28 heavy (non-hydrogen) atoms. The van der Waals surface area contributed by atoms with Crippen LogP contribution in [-0.2, 0) is 16.1 Å². The van der Waals surface area contributed by atoms with Crippen molar-refractivity contribution in [2.45, 2.75) is 6.61 Å². The molecule has 1 aromatic heterocycles. The van der Waals surface area contributed by atoms with E-state index in [4.69, 9.17) is 15.0 Å². The molecule has 0 saturated carbocycles. The highest BCUT2D eigenvalue weighted by atomic mass is 16.5. The van der Waals surface area contributed by atoms with Gasteiger partial charge in [-0.05, 0) is 34.9 Å². The lowest BCUT2D eigenvalue weighted by molar-refractivity contribution is -0.136. The van der Waals surface area contributed by atoms with E-state index in [9.17, 15) is 4.79 Å². The van der Waals surface area contributed by atoms with Crippen LogP contribution in [0.4, 0.5) is 0 Å². The molecule has 142 valence electrons. The van der Waals surface area contributed by atoms with Crippen LogP contribution in [-0.4, -0.2) is 25.2 Å². The molecule has 8 heteroatoms. The van der Waals surface area contributed by atoms with Gasteiger partial charge in [0.05, 0.1) is 19.7 Å². The molecule has 0 atom stereocenters. The Morgan fingerprint density at radius 3 is 2.71 bits per heavy atom. The van der Waals surface area contributed by atoms with Crippen molar-refractivity contribution in [3.63, 3.8) is 0 Å². The van der Waals surface area contributed by atoms with Gasteiger partial charge >= 0.3 is 5.97 Å². The Morgan fingerprint density at radius 2 is 2.04 bits per heavy atom. The summed E-state index contributed by atoms with van der Waals surface area (Å²) >= 11 is 0. The van der Waals surface area contributed by atoms with Crippen LogP contribution >= 0.6 is 0 Å². The summed E-state index contributed by atoms with van der Waals surface area (Å²) < 4.78 is 16.2. The molecular weight excluding hydrogens is 360 g/mol. The first kappa shape index (κ1) is 18.9. The predicted molar refractivity (Wildman–Crippen MR) is 105 cm³/mol. The van der Waals surface area contributed by atoms with E-state index < -0.39 is 5.97 Å². The van der Waals surface area contributed by atoms with Crippen LogP contribution in [0.15, 0.2) is 59.5 Å². The Bertz CT molecular complexity index is 1070. The second-order valence-electron chi connectivity index (χ2n) is 5.75. The third-order valence-electron chi connectivity index (χ3n) is 4.08. The van der Waals surface area contributed by atoms with Gasteiger partial charge in [-0.1, -0.05) is 35.4 Å². The standard InChI is InChI=1S/C20H18N4O4/c1-26-17-11-14(10-16(23-24-21)20(25)27-2)15-8-9-22-18(15)19(17)28-12-13-6-4-3-5-7-13/h3-11,22H,12H2,1-2H3/b16-10-. The maximum absolute atomic E-state index is 11.8. The lowest BCUT2D eigenvalue weighted by Gasteiger charge is -2.14. The lowest BCUT2D eigenvalue weighted by atomic mass is 10.1. The number of hydrogen-bond donors (Lipinski definition) is 1. The summed E-state index contributed by atoms with van der Waals surface area (Å²) in [5.41, 5.74) is 10.9. The smallest absolute Gasteiger partial charge is 0.340 e. The van der Waals surface area contributed by atoms with Crippen molar-refractivity contribution in [3.05, 3.63) is 75.9 Å². The number of carbonyl (C=O) groups excluding carboxylic acids is 1. The van der Waals surface area contributed by atoms with Gasteiger partial charge < -0.3 is 19.2 Å². The van der Waals surface area contributed by atoms with Gasteiger partial charge in [0.15, 0.2) is 11.5 Å². The largest absolute Gasteiger partial charge is 0.493 e. The average molecular weight is 378 g/mol. The van der Waals surface area contributed by atoms with Gasteiger partial charge in [0.25, 0.3) is 0 Å². The van der Waals surface area contributed by atoms with E-state index in [-0.39, 0.29) is 5.70 Å². The van der Waals surface area contributed by atoms with E-state index in [2.05, 4.69) is 19.7 Å². The van der Waals surface area contributed by atoms with E-state index in [1.165, 1.54) is 20.3 Å². The third-order valence-corrected chi connectivity index (χ3v) is 4.08. The molecule has 0 unspecified atom stereocenters. The van der Waals surface area contributed by atoms with Gasteiger partial charge in [0.2, 0.25) is 0 Å². The van der Waals surface area contributed by atoms with Crippen LogP contribution in [0.1, 0.15) is 11.1 Å². The van der Waals surface area contributed by atoms with Crippen LogP contribution < -0.4 is 9.47 Å². The number of nitrogens with zero attached hydrogens (tertiary/aromatic N) is 3. The number of H-pyrrole nitrogens is 1. The van der Waals surface area contributed by atoms with E-state index in [1.54, 1.807) is 12.3 Å². The zero-order valence-corrected chi connectivity index (χ0v) is 15.4. The highest BCUT2D eigenvalue weighted by molar-refractivity contribution is 6.00. The molecule has 0 fully saturated rings. The molecule has 3 rings (SSSR count). The number of carbonyl (C=O) groups is 1. The maximum Gasteiger partial charge on any atom is 0.340 e. The minimum atomic E-state index is -0.732. The van der Waals surface area contributed by atoms with Crippen molar-refractivity contribution in [2.75, 3.05) is 14.2 Å². The molecule has 1 N–H and O–H groups in total. The maximum atomic E-state index is 11.8. The molecule has 0 aliphatic heterocycles. The Labute approximate surface area is 161 Å². The number of rotatable bonds is 7. The van der Waals surface area contributed by atoms with Gasteiger partial charge in [-0.25, -0.2) is 4.79 Å². The number of azide groups is 1. The second kappa shape index (κ2) is 8.66. The number of methoxy groups -OCH3 is 2. The van der Waals surface area contributed by atoms with Crippen molar-refractivity contribution in [1.82, 2.24) is 4.98 Å². The van der Waals surface area contributed by atoms with Crippen LogP contribution in [0.25, 0.3) is 27.4 Å². The number of fused-ring (bicyclic) bond motifs is 1. The van der Waals surface area contributed by atoms with Crippen molar-refractivity contribution >= 4 is 22.9 Å². The molecular formula is C20H18N4O4. The number of aromatic nitrogens is 1. The highest BCUT2D eigenvalue weighted by Gasteiger charge is 2.16. The molecule has 3 aromatic rings. The van der Waals surface area contributed by atoms with Crippen molar-refractivity contribution in [2.24, 2.45) is 5.11 Å². The van der Waals surface area contributed by atoms with Gasteiger partial charge in [0.1, 0.15) is 12.3 Å². The monoisotopic (exact) mass is 378 g/mol. The molecule has 8 nitrogen and oxygen atoms in total. The van der Waals surface area contributed by atoms with Crippen LogP contribution in [0.5, 0.6) is 11.5 Å². The number of nitrogens with one attached hydrogen (secondary N) is 1. The number of benzene rings is 2. The fourth-order valence-corrected chi connectivity index (χ4v) is 2.78. The second-order valence-corrected chi connectivity index (χ2v) is 5.75. The fraction of sp³-hybridized carbons (Fsp3) is 0.150. The zero-order valence-electron chi connectivity index (χ0n) is 15.4. The number of hydrogen-bond acceptors (Lipinski definition) is 5. The molecule has 2 aromatic carbocycles. The quantitative estimate of drug-likeness (QED) is 0.213. The molecule has 0 aliphatic carbocycles. The molecule has 0 saturated heterocycles. The van der Waals surface area contributed by atoms with Crippen molar-refractivity contribution in [3.8, 4) is 11.5 Å². The summed E-state index contributed by atoms with van der Waals surface area (Å²) in [6.45, 7) is 0.368. The van der Waals surface area contributed by atoms with Crippen molar-refractivity contribution in [1.29, 1.82) is 0 Å². The first-order valence-corrected chi connectivity index (χ1v) is 8.37. The average Bonchev–Trinajstić information content (AvgIpc) is 3.22.